The molecule has 0 aliphatic carbocycles. The number of para-hydroxylation sites is 2. The molecule has 0 radical (unpaired) electrons. The molecule has 0 saturated heterocycles. The van der Waals surface area contributed by atoms with E-state index in [-0.39, 0.29) is 17.9 Å². The van der Waals surface area contributed by atoms with E-state index in [1.54, 1.807) is 30.6 Å². The Bertz CT molecular complexity index is 1210. The fraction of sp³-hybridized carbons (Fsp3) is 0.296. The molecule has 0 saturated carbocycles. The van der Waals surface area contributed by atoms with Gasteiger partial charge in [-0.15, -0.1) is 0 Å². The van der Waals surface area contributed by atoms with E-state index in [0.29, 0.717) is 30.3 Å². The number of ether oxygens (including phenoxy) is 2. The Kier molecular flexibility index (Phi) is 7.42. The summed E-state index contributed by atoms with van der Waals surface area (Å²) in [5.74, 6) is 1.87. The lowest BCUT2D eigenvalue weighted by Gasteiger charge is -2.23. The molecule has 2 unspecified atom stereocenters. The van der Waals surface area contributed by atoms with E-state index in [1.807, 2.05) is 43.3 Å². The van der Waals surface area contributed by atoms with Crippen molar-refractivity contribution in [3.8, 4) is 11.5 Å². The number of aromatic nitrogens is 3. The lowest BCUT2D eigenvalue weighted by molar-refractivity contribution is 0.0920. The Hall–Kier alpha value is -3.87. The van der Waals surface area contributed by atoms with Crippen LogP contribution in [0.2, 0.25) is 0 Å². The molecule has 0 fully saturated rings. The predicted octanol–water partition coefficient (Wildman–Crippen LogP) is 5.45. The maximum atomic E-state index is 13.3. The van der Waals surface area contributed by atoms with Gasteiger partial charge >= 0.3 is 0 Å². The number of H-pyrrole nitrogens is 1. The molecule has 176 valence electrons. The summed E-state index contributed by atoms with van der Waals surface area (Å²) in [4.78, 5) is 25.5. The number of benzene rings is 2. The first-order valence-corrected chi connectivity index (χ1v) is 11.6. The highest BCUT2D eigenvalue weighted by molar-refractivity contribution is 5.95. The quantitative estimate of drug-likeness (QED) is 0.330. The number of nitrogens with zero attached hydrogens (tertiary/aromatic N) is 2. The Morgan fingerprint density at radius 2 is 1.91 bits per heavy atom. The van der Waals surface area contributed by atoms with Gasteiger partial charge in [-0.05, 0) is 49.2 Å². The van der Waals surface area contributed by atoms with Crippen LogP contribution in [0.4, 0.5) is 0 Å². The SMILES string of the molecule is CCOc1cc(C(=O)NC(c2nc3ccccc3[nH]2)C(C)CC)ccc1OCc1cccnc1. The number of amides is 1. The molecule has 2 aromatic carbocycles. The zero-order valence-electron chi connectivity index (χ0n) is 19.7. The molecule has 7 nitrogen and oxygen atoms in total. The minimum absolute atomic E-state index is 0.189. The molecule has 4 rings (SSSR count). The van der Waals surface area contributed by atoms with Crippen molar-refractivity contribution in [3.05, 3.63) is 83.9 Å². The van der Waals surface area contributed by atoms with Crippen molar-refractivity contribution in [2.24, 2.45) is 5.92 Å². The van der Waals surface area contributed by atoms with E-state index in [0.717, 1.165) is 28.8 Å². The van der Waals surface area contributed by atoms with Crippen LogP contribution in [0.15, 0.2) is 67.0 Å². The molecular weight excluding hydrogens is 428 g/mol. The summed E-state index contributed by atoms with van der Waals surface area (Å²) in [6.07, 6.45) is 4.38. The van der Waals surface area contributed by atoms with Gasteiger partial charge in [-0.2, -0.15) is 0 Å². The topological polar surface area (TPSA) is 89.1 Å². The molecule has 2 heterocycles. The molecule has 1 amide bonds. The molecule has 7 heteroatoms. The monoisotopic (exact) mass is 458 g/mol. The highest BCUT2D eigenvalue weighted by Crippen LogP contribution is 2.30. The highest BCUT2D eigenvalue weighted by atomic mass is 16.5. The Morgan fingerprint density at radius 1 is 1.06 bits per heavy atom. The van der Waals surface area contributed by atoms with Crippen molar-refractivity contribution in [2.45, 2.75) is 39.8 Å². The van der Waals surface area contributed by atoms with Gasteiger partial charge in [0.1, 0.15) is 12.4 Å². The third-order valence-electron chi connectivity index (χ3n) is 5.82. The van der Waals surface area contributed by atoms with Crippen LogP contribution >= 0.6 is 0 Å². The summed E-state index contributed by atoms with van der Waals surface area (Å²) >= 11 is 0. The van der Waals surface area contributed by atoms with Gasteiger partial charge in [0.25, 0.3) is 5.91 Å². The second-order valence-electron chi connectivity index (χ2n) is 8.22. The molecule has 2 N–H and O–H groups in total. The Balaban J connectivity index is 1.54. The van der Waals surface area contributed by atoms with E-state index < -0.39 is 0 Å². The maximum Gasteiger partial charge on any atom is 0.252 e. The van der Waals surface area contributed by atoms with Crippen LogP contribution in [-0.4, -0.2) is 27.5 Å². The largest absolute Gasteiger partial charge is 0.490 e. The number of fused-ring (bicyclic) bond motifs is 1. The second kappa shape index (κ2) is 10.8. The van der Waals surface area contributed by atoms with Crippen molar-refractivity contribution >= 4 is 16.9 Å². The fourth-order valence-electron chi connectivity index (χ4n) is 3.74. The number of carbonyl (C=O) groups excluding carboxylic acids is 1. The van der Waals surface area contributed by atoms with Gasteiger partial charge in [-0.3, -0.25) is 9.78 Å². The average molecular weight is 459 g/mol. The first-order chi connectivity index (χ1) is 16.6. The van der Waals surface area contributed by atoms with Gasteiger partial charge in [-0.1, -0.05) is 38.5 Å². The van der Waals surface area contributed by atoms with Crippen LogP contribution in [-0.2, 0) is 6.61 Å². The maximum absolute atomic E-state index is 13.3. The van der Waals surface area contributed by atoms with Crippen LogP contribution < -0.4 is 14.8 Å². The molecular formula is C27H30N4O3. The molecule has 0 bridgehead atoms. The standard InChI is InChI=1S/C27H30N4O3/c1-4-18(3)25(26-29-21-10-6-7-11-22(21)30-26)31-27(32)20-12-13-23(24(15-20)33-5-2)34-17-19-9-8-14-28-16-19/h6-16,18,25H,4-5,17H2,1-3H3,(H,29,30)(H,31,32). The van der Waals surface area contributed by atoms with E-state index in [1.165, 1.54) is 0 Å². The summed E-state index contributed by atoms with van der Waals surface area (Å²) in [6.45, 7) is 6.94. The number of nitrogens with one attached hydrogen (secondary N) is 2. The summed E-state index contributed by atoms with van der Waals surface area (Å²) in [6, 6.07) is 16.7. The summed E-state index contributed by atoms with van der Waals surface area (Å²) in [5.41, 5.74) is 3.29. The van der Waals surface area contributed by atoms with Crippen LogP contribution in [0.1, 0.15) is 55.0 Å². The first kappa shape index (κ1) is 23.3. The highest BCUT2D eigenvalue weighted by Gasteiger charge is 2.24. The fourth-order valence-corrected chi connectivity index (χ4v) is 3.74. The van der Waals surface area contributed by atoms with Gasteiger partial charge in [-0.25, -0.2) is 4.98 Å². The number of carbonyl (C=O) groups is 1. The molecule has 2 atom stereocenters. The Morgan fingerprint density at radius 3 is 2.65 bits per heavy atom. The van der Waals surface area contributed by atoms with E-state index in [2.05, 4.69) is 29.1 Å². The summed E-state index contributed by atoms with van der Waals surface area (Å²) in [7, 11) is 0. The Labute approximate surface area is 199 Å². The normalized spacial score (nSPS) is 12.8. The molecule has 0 aliphatic heterocycles. The summed E-state index contributed by atoms with van der Waals surface area (Å²) in [5, 5.41) is 3.17. The van der Waals surface area contributed by atoms with Gasteiger partial charge in [0.2, 0.25) is 0 Å². The van der Waals surface area contributed by atoms with Gasteiger partial charge < -0.3 is 19.8 Å². The van der Waals surface area contributed by atoms with Crippen molar-refractivity contribution < 1.29 is 14.3 Å². The lowest BCUT2D eigenvalue weighted by Crippen LogP contribution is -2.33. The zero-order valence-corrected chi connectivity index (χ0v) is 19.7. The van der Waals surface area contributed by atoms with Gasteiger partial charge in [0, 0.05) is 23.5 Å². The number of imidazole rings is 1. The predicted molar refractivity (Wildman–Crippen MR) is 132 cm³/mol. The van der Waals surface area contributed by atoms with Crippen LogP contribution in [0.25, 0.3) is 11.0 Å². The molecule has 4 aromatic rings. The minimum Gasteiger partial charge on any atom is -0.490 e. The van der Waals surface area contributed by atoms with E-state index in [9.17, 15) is 4.79 Å². The smallest absolute Gasteiger partial charge is 0.252 e. The molecule has 0 spiro atoms. The third kappa shape index (κ3) is 5.36. The number of hydrogen-bond donors (Lipinski definition) is 2. The van der Waals surface area contributed by atoms with Gasteiger partial charge in [0.05, 0.1) is 23.7 Å². The van der Waals surface area contributed by atoms with Crippen LogP contribution in [0.3, 0.4) is 0 Å². The van der Waals surface area contributed by atoms with Crippen molar-refractivity contribution in [3.63, 3.8) is 0 Å². The molecule has 34 heavy (non-hydrogen) atoms. The zero-order chi connectivity index (χ0) is 23.9. The number of hydrogen-bond acceptors (Lipinski definition) is 5. The van der Waals surface area contributed by atoms with Crippen LogP contribution in [0.5, 0.6) is 11.5 Å². The number of rotatable bonds is 10. The first-order valence-electron chi connectivity index (χ1n) is 11.6. The van der Waals surface area contributed by atoms with Crippen molar-refractivity contribution in [2.75, 3.05) is 6.61 Å². The van der Waals surface area contributed by atoms with Crippen molar-refractivity contribution in [1.82, 2.24) is 20.3 Å². The minimum atomic E-state index is -0.248. The lowest BCUT2D eigenvalue weighted by atomic mass is 9.98. The van der Waals surface area contributed by atoms with Crippen molar-refractivity contribution in [1.29, 1.82) is 0 Å². The second-order valence-corrected chi connectivity index (χ2v) is 8.22. The third-order valence-corrected chi connectivity index (χ3v) is 5.82. The molecule has 0 aliphatic rings. The number of pyridine rings is 1. The van der Waals surface area contributed by atoms with Gasteiger partial charge in [0.15, 0.2) is 11.5 Å². The van der Waals surface area contributed by atoms with Crippen LogP contribution in [0, 0.1) is 5.92 Å². The summed E-state index contributed by atoms with van der Waals surface area (Å²) < 4.78 is 11.7. The number of aromatic amines is 1. The van der Waals surface area contributed by atoms with E-state index >= 15 is 0 Å². The molecule has 2 aromatic heterocycles. The van der Waals surface area contributed by atoms with E-state index in [4.69, 9.17) is 14.5 Å². The average Bonchev–Trinajstić information content (AvgIpc) is 3.30.